The van der Waals surface area contributed by atoms with Gasteiger partial charge in [0.1, 0.15) is 6.54 Å². The number of benzene rings is 1. The summed E-state index contributed by atoms with van der Waals surface area (Å²) in [4.78, 5) is 31.9. The van der Waals surface area contributed by atoms with E-state index in [0.29, 0.717) is 24.7 Å². The van der Waals surface area contributed by atoms with Crippen molar-refractivity contribution in [1.82, 2.24) is 24.5 Å². The fraction of sp³-hybridized carbons (Fsp3) is 0.429. The van der Waals surface area contributed by atoms with Crippen LogP contribution in [-0.4, -0.2) is 38.2 Å². The van der Waals surface area contributed by atoms with Gasteiger partial charge in [0.25, 0.3) is 0 Å². The number of nitrogens with one attached hydrogen (secondary N) is 1. The smallest absolute Gasteiger partial charge is 0.353 e. The summed E-state index contributed by atoms with van der Waals surface area (Å²) < 4.78 is 2.74. The van der Waals surface area contributed by atoms with Crippen molar-refractivity contribution >= 4 is 17.5 Å². The van der Waals surface area contributed by atoms with Crippen molar-refractivity contribution in [3.05, 3.63) is 57.6 Å². The van der Waals surface area contributed by atoms with Gasteiger partial charge in [-0.25, -0.2) is 18.9 Å². The van der Waals surface area contributed by atoms with E-state index in [4.69, 9.17) is 0 Å². The molecule has 8 nitrogen and oxygen atoms in total. The summed E-state index contributed by atoms with van der Waals surface area (Å²) in [5, 5.41) is 7.21. The van der Waals surface area contributed by atoms with Crippen LogP contribution >= 0.6 is 0 Å². The van der Waals surface area contributed by atoms with Crippen LogP contribution in [0.2, 0.25) is 0 Å². The lowest BCUT2D eigenvalue weighted by Crippen LogP contribution is -2.36. The number of rotatable bonds is 6. The Hall–Kier alpha value is -3.16. The molecule has 0 fully saturated rings. The van der Waals surface area contributed by atoms with E-state index in [2.05, 4.69) is 45.4 Å². The molecule has 1 amide bonds. The van der Waals surface area contributed by atoms with Crippen LogP contribution in [0.15, 0.2) is 35.1 Å². The lowest BCUT2D eigenvalue weighted by molar-refractivity contribution is -0.121. The van der Waals surface area contributed by atoms with Crippen LogP contribution in [0.5, 0.6) is 0 Å². The zero-order valence-corrected chi connectivity index (χ0v) is 16.9. The number of hydrogen-bond acceptors (Lipinski definition) is 5. The first-order valence-corrected chi connectivity index (χ1v) is 10.1. The molecular weight excluding hydrogens is 368 g/mol. The quantitative estimate of drug-likeness (QED) is 0.643. The zero-order valence-electron chi connectivity index (χ0n) is 16.9. The second-order valence-electron chi connectivity index (χ2n) is 7.48. The summed E-state index contributed by atoms with van der Waals surface area (Å²) in [6.07, 6.45) is 2.81. The van der Waals surface area contributed by atoms with Crippen molar-refractivity contribution in [3.8, 4) is 0 Å². The van der Waals surface area contributed by atoms with Crippen LogP contribution in [0.3, 0.4) is 0 Å². The minimum atomic E-state index is -0.341. The lowest BCUT2D eigenvalue weighted by Gasteiger charge is -2.29. The van der Waals surface area contributed by atoms with Gasteiger partial charge in [0, 0.05) is 31.4 Å². The maximum absolute atomic E-state index is 13.0. The summed E-state index contributed by atoms with van der Waals surface area (Å²) >= 11 is 0. The van der Waals surface area contributed by atoms with E-state index in [-0.39, 0.29) is 18.1 Å². The van der Waals surface area contributed by atoms with E-state index in [1.54, 1.807) is 6.07 Å². The predicted molar refractivity (Wildman–Crippen MR) is 111 cm³/mol. The second-order valence-corrected chi connectivity index (χ2v) is 7.48. The van der Waals surface area contributed by atoms with E-state index in [1.807, 2.05) is 13.0 Å². The highest BCUT2D eigenvalue weighted by Gasteiger charge is 2.22. The van der Waals surface area contributed by atoms with Gasteiger partial charge in [-0.1, -0.05) is 37.6 Å². The van der Waals surface area contributed by atoms with Crippen molar-refractivity contribution in [2.45, 2.75) is 46.2 Å². The van der Waals surface area contributed by atoms with Crippen LogP contribution in [0.4, 0.5) is 5.95 Å². The summed E-state index contributed by atoms with van der Waals surface area (Å²) in [6, 6.07) is 10.1. The van der Waals surface area contributed by atoms with Gasteiger partial charge in [-0.15, -0.1) is 5.10 Å². The van der Waals surface area contributed by atoms with E-state index in [0.717, 1.165) is 31.5 Å². The van der Waals surface area contributed by atoms with Gasteiger partial charge in [-0.05, 0) is 30.9 Å². The molecule has 0 atom stereocenters. The molecule has 3 heterocycles. The first-order valence-electron chi connectivity index (χ1n) is 10.1. The molecule has 152 valence electrons. The molecule has 0 unspecified atom stereocenters. The highest BCUT2D eigenvalue weighted by molar-refractivity contribution is 5.75. The van der Waals surface area contributed by atoms with Gasteiger partial charge in [0.2, 0.25) is 11.9 Å². The maximum atomic E-state index is 13.0. The lowest BCUT2D eigenvalue weighted by atomic mass is 10.0. The van der Waals surface area contributed by atoms with E-state index < -0.39 is 0 Å². The number of hydrogen-bond donors (Lipinski definition) is 1. The Morgan fingerprint density at radius 2 is 2.03 bits per heavy atom. The molecular formula is C21H26N6O2. The van der Waals surface area contributed by atoms with E-state index in [9.17, 15) is 9.59 Å². The van der Waals surface area contributed by atoms with Crippen LogP contribution in [0.25, 0.3) is 5.65 Å². The number of aromatic nitrogens is 4. The summed E-state index contributed by atoms with van der Waals surface area (Å²) in [6.45, 7) is 5.94. The number of carbonyl (C=O) groups is 1. The Kier molecular flexibility index (Phi) is 5.33. The van der Waals surface area contributed by atoms with Gasteiger partial charge in [0.05, 0.1) is 0 Å². The molecule has 1 N–H and O–H groups in total. The number of aryl methyl sites for hydroxylation is 1. The average Bonchev–Trinajstić information content (AvgIpc) is 3.02. The molecule has 8 heteroatoms. The number of unbranched alkanes of at least 4 members (excludes halogenated alkanes) is 1. The second kappa shape index (κ2) is 8.06. The van der Waals surface area contributed by atoms with Gasteiger partial charge in [0.15, 0.2) is 5.65 Å². The molecule has 2 aromatic heterocycles. The third-order valence-corrected chi connectivity index (χ3v) is 5.24. The molecule has 29 heavy (non-hydrogen) atoms. The van der Waals surface area contributed by atoms with Crippen molar-refractivity contribution in [3.63, 3.8) is 0 Å². The fourth-order valence-electron chi connectivity index (χ4n) is 3.71. The molecule has 1 aliphatic heterocycles. The number of anilines is 1. The molecule has 0 bridgehead atoms. The number of amides is 1. The molecule has 3 aromatic rings. The minimum absolute atomic E-state index is 0.0917. The summed E-state index contributed by atoms with van der Waals surface area (Å²) in [5.41, 5.74) is 3.53. The summed E-state index contributed by atoms with van der Waals surface area (Å²) in [5.74, 6) is 0.374. The first-order chi connectivity index (χ1) is 14.1. The molecule has 0 saturated heterocycles. The van der Waals surface area contributed by atoms with Crippen molar-refractivity contribution in [2.24, 2.45) is 0 Å². The van der Waals surface area contributed by atoms with Gasteiger partial charge >= 0.3 is 5.69 Å². The molecule has 4 rings (SSSR count). The Morgan fingerprint density at radius 3 is 2.83 bits per heavy atom. The zero-order chi connectivity index (χ0) is 20.4. The standard InChI is InChI=1S/C21H26N6O2/c1-3-4-10-22-19(28)14-26-21(29)27-18(24-26)12-15(2)23-20(27)25-11-9-16-7-5-6-8-17(16)13-25/h5-8,12H,3-4,9-11,13-14H2,1-2H3,(H,22,28). The monoisotopic (exact) mass is 394 g/mol. The predicted octanol–water partition coefficient (Wildman–Crippen LogP) is 1.68. The molecule has 0 saturated carbocycles. The van der Waals surface area contributed by atoms with Gasteiger partial charge in [-0.3, -0.25) is 4.79 Å². The highest BCUT2D eigenvalue weighted by atomic mass is 16.2. The van der Waals surface area contributed by atoms with E-state index >= 15 is 0 Å². The summed E-state index contributed by atoms with van der Waals surface area (Å²) in [7, 11) is 0. The fourth-order valence-corrected chi connectivity index (χ4v) is 3.71. The van der Waals surface area contributed by atoms with Gasteiger partial charge in [-0.2, -0.15) is 0 Å². The van der Waals surface area contributed by atoms with Crippen molar-refractivity contribution in [1.29, 1.82) is 0 Å². The molecule has 0 aliphatic carbocycles. The first kappa shape index (κ1) is 19.2. The number of carbonyl (C=O) groups excluding carboxylic acids is 1. The van der Waals surface area contributed by atoms with Crippen LogP contribution in [-0.2, 0) is 24.3 Å². The minimum Gasteiger partial charge on any atom is -0.354 e. The Balaban J connectivity index is 1.66. The Bertz CT molecular complexity index is 1100. The third-order valence-electron chi connectivity index (χ3n) is 5.24. The van der Waals surface area contributed by atoms with Crippen molar-refractivity contribution in [2.75, 3.05) is 18.0 Å². The van der Waals surface area contributed by atoms with E-state index in [1.165, 1.54) is 20.2 Å². The molecule has 0 spiro atoms. The van der Waals surface area contributed by atoms with Crippen LogP contribution < -0.4 is 15.9 Å². The highest BCUT2D eigenvalue weighted by Crippen LogP contribution is 2.23. The Labute approximate surface area is 169 Å². The third kappa shape index (κ3) is 3.87. The normalized spacial score (nSPS) is 13.5. The molecule has 0 radical (unpaired) electrons. The number of fused-ring (bicyclic) bond motifs is 2. The maximum Gasteiger partial charge on any atom is 0.353 e. The van der Waals surface area contributed by atoms with Gasteiger partial charge < -0.3 is 10.2 Å². The largest absolute Gasteiger partial charge is 0.354 e. The van der Waals surface area contributed by atoms with Crippen molar-refractivity contribution < 1.29 is 4.79 Å². The SMILES string of the molecule is CCCCNC(=O)Cn1nc2cc(C)nc(N3CCc4ccccc4C3)n2c1=O. The van der Waals surface area contributed by atoms with Crippen LogP contribution in [0.1, 0.15) is 36.6 Å². The number of nitrogens with zero attached hydrogens (tertiary/aromatic N) is 5. The average molecular weight is 394 g/mol. The molecule has 1 aliphatic rings. The topological polar surface area (TPSA) is 84.5 Å². The molecule has 1 aromatic carbocycles. The van der Waals surface area contributed by atoms with Crippen LogP contribution in [0, 0.1) is 6.92 Å². The Morgan fingerprint density at radius 1 is 1.24 bits per heavy atom.